The first-order chi connectivity index (χ1) is 13.6. The third kappa shape index (κ3) is 2.96. The Kier molecular flexibility index (Phi) is 4.30. The minimum atomic E-state index is -0.102. The molecule has 0 unspecified atom stereocenters. The summed E-state index contributed by atoms with van der Waals surface area (Å²) in [5.41, 5.74) is 1.46. The molecule has 0 saturated heterocycles. The number of hydrogen-bond donors (Lipinski definition) is 0. The number of carbonyl (C=O) groups excluding carboxylic acids is 1. The van der Waals surface area contributed by atoms with Gasteiger partial charge >= 0.3 is 0 Å². The molecule has 0 radical (unpaired) electrons. The highest BCUT2D eigenvalue weighted by molar-refractivity contribution is 7.21. The quantitative estimate of drug-likeness (QED) is 0.469. The molecule has 0 atom stereocenters. The van der Waals surface area contributed by atoms with Crippen LogP contribution in [0, 0.1) is 0 Å². The Morgan fingerprint density at radius 2 is 1.89 bits per heavy atom. The van der Waals surface area contributed by atoms with Crippen molar-refractivity contribution in [3.8, 4) is 10.8 Å². The minimum absolute atomic E-state index is 0.102. The third-order valence-electron chi connectivity index (χ3n) is 4.69. The largest absolute Gasteiger partial charge is 0.329 e. The fourth-order valence-corrected chi connectivity index (χ4v) is 4.53. The van der Waals surface area contributed by atoms with Gasteiger partial charge in [-0.05, 0) is 30.3 Å². The van der Waals surface area contributed by atoms with E-state index in [2.05, 4.69) is 15.2 Å². The van der Waals surface area contributed by atoms with Crippen molar-refractivity contribution >= 4 is 50.7 Å². The highest BCUT2D eigenvalue weighted by Gasteiger charge is 2.27. The summed E-state index contributed by atoms with van der Waals surface area (Å²) in [7, 11) is 0. The van der Waals surface area contributed by atoms with Crippen molar-refractivity contribution < 1.29 is 4.79 Å². The van der Waals surface area contributed by atoms with E-state index < -0.39 is 0 Å². The summed E-state index contributed by atoms with van der Waals surface area (Å²) in [5, 5.41) is 10.3. The lowest BCUT2D eigenvalue weighted by Crippen LogP contribution is -2.38. The molecule has 3 heterocycles. The van der Waals surface area contributed by atoms with E-state index in [0.29, 0.717) is 35.2 Å². The lowest BCUT2D eigenvalue weighted by molar-refractivity contribution is 0.0708. The van der Waals surface area contributed by atoms with E-state index in [-0.39, 0.29) is 5.91 Å². The fourth-order valence-electron chi connectivity index (χ4n) is 3.27. The number of benzene rings is 2. The van der Waals surface area contributed by atoms with E-state index in [4.69, 9.17) is 23.2 Å². The molecule has 5 rings (SSSR count). The number of carbonyl (C=O) groups is 1. The standard InChI is InChI=1S/C19H13Cl2N5OS/c20-12-6-5-11(9-13(12)21)19(27)25-7-8-26-16(10-25)23-24-17(26)18-22-14-3-1-2-4-15(14)28-18/h1-6,9H,7-8,10H2. The Morgan fingerprint density at radius 1 is 1.04 bits per heavy atom. The van der Waals surface area contributed by atoms with Crippen molar-refractivity contribution in [3.05, 3.63) is 63.9 Å². The molecular weight excluding hydrogens is 417 g/mol. The molecule has 0 saturated carbocycles. The van der Waals surface area contributed by atoms with E-state index in [9.17, 15) is 4.79 Å². The highest BCUT2D eigenvalue weighted by Crippen LogP contribution is 2.30. The molecule has 0 fully saturated rings. The maximum Gasteiger partial charge on any atom is 0.254 e. The molecule has 140 valence electrons. The van der Waals surface area contributed by atoms with Crippen molar-refractivity contribution in [2.45, 2.75) is 13.1 Å². The second-order valence-corrected chi connectivity index (χ2v) is 8.28. The van der Waals surface area contributed by atoms with Gasteiger partial charge in [-0.15, -0.1) is 21.5 Å². The van der Waals surface area contributed by atoms with Crippen LogP contribution < -0.4 is 0 Å². The van der Waals surface area contributed by atoms with Crippen LogP contribution in [0.5, 0.6) is 0 Å². The molecule has 0 bridgehead atoms. The highest BCUT2D eigenvalue weighted by atomic mass is 35.5. The number of fused-ring (bicyclic) bond motifs is 2. The summed E-state index contributed by atoms with van der Waals surface area (Å²) in [5.74, 6) is 1.39. The van der Waals surface area contributed by atoms with Crippen LogP contribution in [0.1, 0.15) is 16.2 Å². The molecule has 1 aliphatic rings. The Labute approximate surface area is 174 Å². The number of amides is 1. The first-order valence-electron chi connectivity index (χ1n) is 8.62. The number of hydrogen-bond acceptors (Lipinski definition) is 5. The number of thiazole rings is 1. The molecule has 4 aromatic rings. The Morgan fingerprint density at radius 3 is 2.71 bits per heavy atom. The van der Waals surface area contributed by atoms with Crippen LogP contribution in [-0.4, -0.2) is 37.1 Å². The first kappa shape index (κ1) is 17.6. The van der Waals surface area contributed by atoms with Crippen LogP contribution in [0.25, 0.3) is 21.0 Å². The Hall–Kier alpha value is -2.48. The summed E-state index contributed by atoms with van der Waals surface area (Å²) < 4.78 is 3.15. The lowest BCUT2D eigenvalue weighted by Gasteiger charge is -2.27. The second kappa shape index (κ2) is 6.84. The summed E-state index contributed by atoms with van der Waals surface area (Å²) in [4.78, 5) is 19.2. The number of rotatable bonds is 2. The van der Waals surface area contributed by atoms with Gasteiger partial charge in [0, 0.05) is 18.7 Å². The predicted molar refractivity (Wildman–Crippen MR) is 110 cm³/mol. The van der Waals surface area contributed by atoms with Crippen molar-refractivity contribution in [3.63, 3.8) is 0 Å². The van der Waals surface area contributed by atoms with Gasteiger partial charge in [0.05, 0.1) is 26.8 Å². The smallest absolute Gasteiger partial charge is 0.254 e. The summed E-state index contributed by atoms with van der Waals surface area (Å²) in [6.07, 6.45) is 0. The Balaban J connectivity index is 1.42. The second-order valence-electron chi connectivity index (χ2n) is 6.43. The van der Waals surface area contributed by atoms with Gasteiger partial charge in [0.2, 0.25) is 0 Å². The summed E-state index contributed by atoms with van der Waals surface area (Å²) in [6, 6.07) is 12.9. The average molecular weight is 430 g/mol. The van der Waals surface area contributed by atoms with Crippen LogP contribution in [0.2, 0.25) is 10.0 Å². The number of nitrogens with zero attached hydrogens (tertiary/aromatic N) is 5. The van der Waals surface area contributed by atoms with Crippen molar-refractivity contribution in [2.24, 2.45) is 0 Å². The molecule has 2 aromatic heterocycles. The van der Waals surface area contributed by atoms with Crippen LogP contribution in [0.15, 0.2) is 42.5 Å². The van der Waals surface area contributed by atoms with Crippen molar-refractivity contribution in [1.29, 1.82) is 0 Å². The van der Waals surface area contributed by atoms with Gasteiger partial charge in [0.15, 0.2) is 16.7 Å². The fraction of sp³-hybridized carbons (Fsp3) is 0.158. The normalized spacial score (nSPS) is 13.7. The van der Waals surface area contributed by atoms with Gasteiger partial charge < -0.3 is 9.47 Å². The molecule has 0 N–H and O–H groups in total. The van der Waals surface area contributed by atoms with Crippen LogP contribution in [0.3, 0.4) is 0 Å². The zero-order valence-corrected chi connectivity index (χ0v) is 16.8. The number of halogens is 2. The van der Waals surface area contributed by atoms with Crippen LogP contribution in [-0.2, 0) is 13.1 Å². The van der Waals surface area contributed by atoms with E-state index in [1.54, 1.807) is 34.4 Å². The average Bonchev–Trinajstić information content (AvgIpc) is 3.32. The molecule has 1 amide bonds. The van der Waals surface area contributed by atoms with E-state index in [1.807, 2.05) is 28.8 Å². The third-order valence-corrected chi connectivity index (χ3v) is 6.46. The zero-order chi connectivity index (χ0) is 19.3. The van der Waals surface area contributed by atoms with Gasteiger partial charge in [-0.2, -0.15) is 0 Å². The predicted octanol–water partition coefficient (Wildman–Crippen LogP) is 4.52. The molecule has 9 heteroatoms. The minimum Gasteiger partial charge on any atom is -0.329 e. The van der Waals surface area contributed by atoms with E-state index in [1.165, 1.54) is 0 Å². The molecule has 0 aliphatic carbocycles. The molecule has 28 heavy (non-hydrogen) atoms. The number of aromatic nitrogens is 4. The van der Waals surface area contributed by atoms with Gasteiger partial charge in [0.25, 0.3) is 5.91 Å². The van der Waals surface area contributed by atoms with Crippen molar-refractivity contribution in [1.82, 2.24) is 24.6 Å². The van der Waals surface area contributed by atoms with Gasteiger partial charge in [-0.1, -0.05) is 35.3 Å². The van der Waals surface area contributed by atoms with Crippen LogP contribution in [0.4, 0.5) is 0 Å². The SMILES string of the molecule is O=C(c1ccc(Cl)c(Cl)c1)N1CCn2c(nnc2-c2nc3ccccc3s2)C1. The molecule has 0 spiro atoms. The van der Waals surface area contributed by atoms with Crippen molar-refractivity contribution in [2.75, 3.05) is 6.54 Å². The number of para-hydroxylation sites is 1. The van der Waals surface area contributed by atoms with Gasteiger partial charge in [-0.25, -0.2) is 4.98 Å². The van der Waals surface area contributed by atoms with E-state index >= 15 is 0 Å². The zero-order valence-electron chi connectivity index (χ0n) is 14.5. The molecule has 2 aromatic carbocycles. The summed E-state index contributed by atoms with van der Waals surface area (Å²) in [6.45, 7) is 1.56. The topological polar surface area (TPSA) is 63.9 Å². The maximum absolute atomic E-state index is 12.8. The first-order valence-corrected chi connectivity index (χ1v) is 10.2. The van der Waals surface area contributed by atoms with Gasteiger partial charge in [0.1, 0.15) is 0 Å². The van der Waals surface area contributed by atoms with Crippen LogP contribution >= 0.6 is 34.5 Å². The van der Waals surface area contributed by atoms with E-state index in [0.717, 1.165) is 26.9 Å². The Bertz CT molecular complexity index is 1190. The lowest BCUT2D eigenvalue weighted by atomic mass is 10.2. The maximum atomic E-state index is 12.8. The monoisotopic (exact) mass is 429 g/mol. The van der Waals surface area contributed by atoms with Gasteiger partial charge in [-0.3, -0.25) is 4.79 Å². The molecular formula is C19H13Cl2N5OS. The summed E-state index contributed by atoms with van der Waals surface area (Å²) >= 11 is 13.6. The molecule has 6 nitrogen and oxygen atoms in total. The molecule has 1 aliphatic heterocycles.